The van der Waals surface area contributed by atoms with E-state index in [0.717, 1.165) is 5.56 Å². The third-order valence-corrected chi connectivity index (χ3v) is 2.45. The largest absolute Gasteiger partial charge is 0.373 e. The van der Waals surface area contributed by atoms with E-state index in [1.807, 2.05) is 36.4 Å². The first-order valence-corrected chi connectivity index (χ1v) is 5.00. The summed E-state index contributed by atoms with van der Waals surface area (Å²) in [5.41, 5.74) is 1.02. The molecule has 3 nitrogen and oxygen atoms in total. The molecule has 78 valence electrons. The van der Waals surface area contributed by atoms with Crippen LogP contribution in [0.5, 0.6) is 0 Å². The zero-order valence-electron chi connectivity index (χ0n) is 8.34. The number of likely N-dealkylation sites (tertiary alicyclic amines) is 1. The Labute approximate surface area is 88.6 Å². The van der Waals surface area contributed by atoms with Gasteiger partial charge in [0.2, 0.25) is 5.91 Å². The lowest BCUT2D eigenvalue weighted by molar-refractivity contribution is -0.129. The summed E-state index contributed by atoms with van der Waals surface area (Å²) >= 11 is 0. The predicted octanol–water partition coefficient (Wildman–Crippen LogP) is 1.60. The lowest BCUT2D eigenvalue weighted by Gasteiger charge is -2.14. The van der Waals surface area contributed by atoms with Gasteiger partial charge < -0.3 is 5.11 Å². The number of carbonyl (C=O) groups excluding carboxylic acids is 1. The summed E-state index contributed by atoms with van der Waals surface area (Å²) in [6.07, 6.45) is 3.78. The number of amides is 1. The Kier molecular flexibility index (Phi) is 2.83. The van der Waals surface area contributed by atoms with Gasteiger partial charge in [0.25, 0.3) is 0 Å². The molecule has 1 unspecified atom stereocenters. The van der Waals surface area contributed by atoms with E-state index < -0.39 is 6.23 Å². The van der Waals surface area contributed by atoms with Gasteiger partial charge in [0.15, 0.2) is 0 Å². The molecule has 1 fully saturated rings. The molecule has 0 saturated carbocycles. The van der Waals surface area contributed by atoms with Crippen molar-refractivity contribution in [1.29, 1.82) is 0 Å². The highest BCUT2D eigenvalue weighted by Crippen LogP contribution is 2.17. The number of nitrogens with zero attached hydrogens (tertiary/aromatic N) is 1. The molecule has 1 aliphatic heterocycles. The fourth-order valence-corrected chi connectivity index (χ4v) is 1.60. The topological polar surface area (TPSA) is 40.5 Å². The Morgan fingerprint density at radius 1 is 1.33 bits per heavy atom. The van der Waals surface area contributed by atoms with Crippen LogP contribution in [0.25, 0.3) is 6.08 Å². The van der Waals surface area contributed by atoms with Crippen molar-refractivity contribution in [3.8, 4) is 0 Å². The van der Waals surface area contributed by atoms with Crippen molar-refractivity contribution in [2.24, 2.45) is 0 Å². The molecule has 1 aromatic carbocycles. The Balaban J connectivity index is 2.08. The van der Waals surface area contributed by atoms with Crippen LogP contribution in [0.15, 0.2) is 36.5 Å². The lowest BCUT2D eigenvalue weighted by atomic mass is 10.2. The maximum atomic E-state index is 11.3. The highest BCUT2D eigenvalue weighted by atomic mass is 16.3. The first-order chi connectivity index (χ1) is 7.27. The number of aliphatic hydroxyl groups is 1. The highest BCUT2D eigenvalue weighted by Gasteiger charge is 2.26. The summed E-state index contributed by atoms with van der Waals surface area (Å²) in [5, 5.41) is 9.49. The molecular weight excluding hydrogens is 190 g/mol. The molecule has 0 spiro atoms. The van der Waals surface area contributed by atoms with Crippen LogP contribution in [0, 0.1) is 0 Å². The molecule has 1 N–H and O–H groups in total. The number of carbonyl (C=O) groups is 1. The quantitative estimate of drug-likeness (QED) is 0.793. The van der Waals surface area contributed by atoms with Crippen LogP contribution in [-0.2, 0) is 4.79 Å². The maximum absolute atomic E-state index is 11.3. The molecule has 0 aromatic heterocycles. The number of benzene rings is 1. The van der Waals surface area contributed by atoms with Gasteiger partial charge in [-0.05, 0) is 11.6 Å². The standard InChI is InChI=1S/C12H13NO2/c14-11-6-7-12(15)13(11)9-8-10-4-2-1-3-5-10/h1-5,8-9,11,14H,6-7H2. The monoisotopic (exact) mass is 203 g/mol. The minimum absolute atomic E-state index is 0.0188. The molecule has 1 aliphatic rings. The van der Waals surface area contributed by atoms with Gasteiger partial charge in [-0.15, -0.1) is 0 Å². The highest BCUT2D eigenvalue weighted by molar-refractivity contribution is 5.80. The van der Waals surface area contributed by atoms with Crippen LogP contribution in [0.3, 0.4) is 0 Å². The maximum Gasteiger partial charge on any atom is 0.228 e. The number of hydrogen-bond acceptors (Lipinski definition) is 2. The molecule has 3 heteroatoms. The van der Waals surface area contributed by atoms with Gasteiger partial charge >= 0.3 is 0 Å². The third kappa shape index (κ3) is 2.25. The number of aliphatic hydroxyl groups excluding tert-OH is 1. The molecule has 1 saturated heterocycles. The second kappa shape index (κ2) is 4.28. The number of rotatable bonds is 2. The van der Waals surface area contributed by atoms with E-state index in [9.17, 15) is 9.90 Å². The zero-order chi connectivity index (χ0) is 10.7. The van der Waals surface area contributed by atoms with E-state index in [1.54, 1.807) is 6.20 Å². The van der Waals surface area contributed by atoms with Crippen molar-refractivity contribution >= 4 is 12.0 Å². The minimum Gasteiger partial charge on any atom is -0.373 e. The fraction of sp³-hybridized carbons (Fsp3) is 0.250. The van der Waals surface area contributed by atoms with E-state index in [0.29, 0.717) is 12.8 Å². The van der Waals surface area contributed by atoms with Crippen molar-refractivity contribution in [3.05, 3.63) is 42.1 Å². The van der Waals surface area contributed by atoms with Crippen LogP contribution in [-0.4, -0.2) is 22.1 Å². The van der Waals surface area contributed by atoms with Crippen molar-refractivity contribution in [2.45, 2.75) is 19.1 Å². The van der Waals surface area contributed by atoms with Gasteiger partial charge in [0, 0.05) is 19.0 Å². The molecule has 2 rings (SSSR count). The summed E-state index contributed by atoms with van der Waals surface area (Å²) < 4.78 is 0. The molecular formula is C12H13NO2. The molecule has 0 bridgehead atoms. The Hall–Kier alpha value is -1.61. The Morgan fingerprint density at radius 3 is 2.67 bits per heavy atom. The summed E-state index contributed by atoms with van der Waals surface area (Å²) in [6.45, 7) is 0. The van der Waals surface area contributed by atoms with Crippen LogP contribution in [0.4, 0.5) is 0 Å². The van der Waals surface area contributed by atoms with E-state index in [2.05, 4.69) is 0 Å². The second-order valence-corrected chi connectivity index (χ2v) is 3.55. The Morgan fingerprint density at radius 2 is 2.07 bits per heavy atom. The molecule has 0 radical (unpaired) electrons. The van der Waals surface area contributed by atoms with Crippen LogP contribution < -0.4 is 0 Å². The molecule has 1 aromatic rings. The van der Waals surface area contributed by atoms with Gasteiger partial charge in [-0.25, -0.2) is 0 Å². The van der Waals surface area contributed by atoms with Crippen molar-refractivity contribution in [3.63, 3.8) is 0 Å². The van der Waals surface area contributed by atoms with E-state index in [-0.39, 0.29) is 5.91 Å². The van der Waals surface area contributed by atoms with Crippen molar-refractivity contribution in [1.82, 2.24) is 4.90 Å². The van der Waals surface area contributed by atoms with Crippen LogP contribution in [0.1, 0.15) is 18.4 Å². The first-order valence-electron chi connectivity index (χ1n) is 5.00. The molecule has 1 amide bonds. The van der Waals surface area contributed by atoms with Crippen molar-refractivity contribution < 1.29 is 9.90 Å². The smallest absolute Gasteiger partial charge is 0.228 e. The summed E-state index contributed by atoms with van der Waals surface area (Å²) in [5.74, 6) is -0.0188. The second-order valence-electron chi connectivity index (χ2n) is 3.55. The molecule has 1 heterocycles. The summed E-state index contributed by atoms with van der Waals surface area (Å²) in [7, 11) is 0. The van der Waals surface area contributed by atoms with E-state index in [1.165, 1.54) is 4.90 Å². The SMILES string of the molecule is O=C1CCC(O)N1C=Cc1ccccc1. The average molecular weight is 203 g/mol. The minimum atomic E-state index is -0.655. The fourth-order valence-electron chi connectivity index (χ4n) is 1.60. The number of hydrogen-bond donors (Lipinski definition) is 1. The molecule has 15 heavy (non-hydrogen) atoms. The average Bonchev–Trinajstić information content (AvgIpc) is 2.58. The van der Waals surface area contributed by atoms with Gasteiger partial charge in [0.1, 0.15) is 6.23 Å². The summed E-state index contributed by atoms with van der Waals surface area (Å²) in [6, 6.07) is 9.70. The van der Waals surface area contributed by atoms with Crippen LogP contribution >= 0.6 is 0 Å². The summed E-state index contributed by atoms with van der Waals surface area (Å²) in [4.78, 5) is 12.7. The Bertz CT molecular complexity index is 372. The van der Waals surface area contributed by atoms with Gasteiger partial charge in [0.05, 0.1) is 0 Å². The third-order valence-electron chi connectivity index (χ3n) is 2.45. The van der Waals surface area contributed by atoms with E-state index >= 15 is 0 Å². The van der Waals surface area contributed by atoms with E-state index in [4.69, 9.17) is 0 Å². The van der Waals surface area contributed by atoms with Gasteiger partial charge in [-0.2, -0.15) is 0 Å². The van der Waals surface area contributed by atoms with Crippen LogP contribution in [0.2, 0.25) is 0 Å². The zero-order valence-corrected chi connectivity index (χ0v) is 8.34. The van der Waals surface area contributed by atoms with Gasteiger partial charge in [-0.1, -0.05) is 30.3 Å². The normalized spacial score (nSPS) is 21.5. The molecule has 0 aliphatic carbocycles. The first kappa shape index (κ1) is 9.93. The molecule has 1 atom stereocenters. The van der Waals surface area contributed by atoms with Gasteiger partial charge in [-0.3, -0.25) is 9.69 Å². The lowest BCUT2D eigenvalue weighted by Crippen LogP contribution is -2.26. The van der Waals surface area contributed by atoms with Crippen molar-refractivity contribution in [2.75, 3.05) is 0 Å². The predicted molar refractivity (Wildman–Crippen MR) is 57.6 cm³/mol.